The molecule has 0 aliphatic heterocycles. The molecule has 0 bridgehead atoms. The van der Waals surface area contributed by atoms with Gasteiger partial charge in [0.25, 0.3) is 15.9 Å². The molecule has 0 saturated carbocycles. The highest BCUT2D eigenvalue weighted by atomic mass is 32.2. The molecule has 29 heavy (non-hydrogen) atoms. The topological polar surface area (TPSA) is 81.2 Å². The van der Waals surface area contributed by atoms with E-state index in [0.29, 0.717) is 17.6 Å². The van der Waals surface area contributed by atoms with Gasteiger partial charge in [0.1, 0.15) is 0 Å². The third-order valence-corrected chi connectivity index (χ3v) is 5.87. The van der Waals surface area contributed by atoms with Gasteiger partial charge in [0.15, 0.2) is 0 Å². The lowest BCUT2D eigenvalue weighted by Gasteiger charge is -2.13. The van der Waals surface area contributed by atoms with Crippen LogP contribution >= 0.6 is 0 Å². The van der Waals surface area contributed by atoms with Crippen molar-refractivity contribution < 1.29 is 13.2 Å². The minimum Gasteiger partial charge on any atom is -0.475 e. The van der Waals surface area contributed by atoms with Crippen LogP contribution in [0, 0.1) is 0 Å². The van der Waals surface area contributed by atoms with Crippen LogP contribution in [0.15, 0.2) is 71.6 Å². The van der Waals surface area contributed by atoms with Gasteiger partial charge in [-0.25, -0.2) is 18.4 Å². The zero-order chi connectivity index (χ0) is 20.3. The van der Waals surface area contributed by atoms with Gasteiger partial charge in [-0.05, 0) is 41.5 Å². The summed E-state index contributed by atoms with van der Waals surface area (Å²) in [5.74, 6) is 0.273. The van der Waals surface area contributed by atoms with E-state index in [9.17, 15) is 8.42 Å². The highest BCUT2D eigenvalue weighted by Crippen LogP contribution is 2.27. The summed E-state index contributed by atoms with van der Waals surface area (Å²) in [6, 6.07) is 19.9. The smallest absolute Gasteiger partial charge is 0.263 e. The fourth-order valence-corrected chi connectivity index (χ4v) is 4.02. The zero-order valence-electron chi connectivity index (χ0n) is 16.0. The third kappa shape index (κ3) is 4.14. The van der Waals surface area contributed by atoms with Gasteiger partial charge in [0, 0.05) is 0 Å². The van der Waals surface area contributed by atoms with Crippen LogP contribution in [0.5, 0.6) is 5.88 Å². The predicted molar refractivity (Wildman–Crippen MR) is 115 cm³/mol. The van der Waals surface area contributed by atoms with Crippen LogP contribution in [-0.2, 0) is 10.0 Å². The number of ether oxygens (including phenoxy) is 1. The molecule has 0 spiro atoms. The number of para-hydroxylation sites is 2. The normalized spacial score (nSPS) is 11.6. The Hall–Kier alpha value is -3.19. The molecule has 0 aliphatic carbocycles. The average Bonchev–Trinajstić information content (AvgIpc) is 2.73. The minimum atomic E-state index is -3.86. The highest BCUT2D eigenvalue weighted by Gasteiger charge is 2.20. The summed E-state index contributed by atoms with van der Waals surface area (Å²) >= 11 is 0. The fourth-order valence-electron chi connectivity index (χ4n) is 2.98. The quantitative estimate of drug-likeness (QED) is 0.447. The van der Waals surface area contributed by atoms with Crippen molar-refractivity contribution in [1.82, 2.24) is 9.97 Å². The van der Waals surface area contributed by atoms with E-state index < -0.39 is 10.0 Å². The van der Waals surface area contributed by atoms with E-state index in [1.54, 1.807) is 24.3 Å². The highest BCUT2D eigenvalue weighted by molar-refractivity contribution is 7.92. The average molecular weight is 407 g/mol. The van der Waals surface area contributed by atoms with Crippen molar-refractivity contribution in [3.05, 3.63) is 66.7 Å². The van der Waals surface area contributed by atoms with E-state index in [4.69, 9.17) is 4.74 Å². The van der Waals surface area contributed by atoms with Crippen LogP contribution in [0.3, 0.4) is 0 Å². The summed E-state index contributed by atoms with van der Waals surface area (Å²) in [5, 5.41) is 1.82. The molecule has 148 valence electrons. The molecular weight excluding hydrogens is 386 g/mol. The zero-order valence-corrected chi connectivity index (χ0v) is 16.8. The number of nitrogens with one attached hydrogen (secondary N) is 1. The summed E-state index contributed by atoms with van der Waals surface area (Å²) < 4.78 is 34.4. The number of fused-ring (bicyclic) bond motifs is 2. The summed E-state index contributed by atoms with van der Waals surface area (Å²) in [6.07, 6.45) is 1.80. The number of nitrogens with zero attached hydrogens (tertiary/aromatic N) is 2. The lowest BCUT2D eigenvalue weighted by atomic mass is 10.1. The van der Waals surface area contributed by atoms with Crippen LogP contribution in [0.4, 0.5) is 5.82 Å². The first kappa shape index (κ1) is 19.1. The van der Waals surface area contributed by atoms with Crippen molar-refractivity contribution in [3.8, 4) is 5.88 Å². The number of benzene rings is 3. The summed E-state index contributed by atoms with van der Waals surface area (Å²) in [4.78, 5) is 9.07. The summed E-state index contributed by atoms with van der Waals surface area (Å²) in [6.45, 7) is 2.49. The SMILES string of the molecule is CCCCOc1nc2ccccc2nc1NS(=O)(=O)c1ccc2ccccc2c1. The molecule has 0 aliphatic rings. The molecule has 0 atom stereocenters. The van der Waals surface area contributed by atoms with Gasteiger partial charge < -0.3 is 4.74 Å². The van der Waals surface area contributed by atoms with E-state index in [1.807, 2.05) is 42.5 Å². The Morgan fingerprint density at radius 1 is 0.897 bits per heavy atom. The van der Waals surface area contributed by atoms with E-state index in [0.717, 1.165) is 23.6 Å². The number of rotatable bonds is 7. The van der Waals surface area contributed by atoms with Crippen LogP contribution in [0.1, 0.15) is 19.8 Å². The van der Waals surface area contributed by atoms with Gasteiger partial charge in [-0.3, -0.25) is 4.72 Å². The van der Waals surface area contributed by atoms with E-state index in [1.165, 1.54) is 0 Å². The lowest BCUT2D eigenvalue weighted by molar-refractivity contribution is 0.299. The van der Waals surface area contributed by atoms with Gasteiger partial charge in [0.2, 0.25) is 5.82 Å². The van der Waals surface area contributed by atoms with Crippen LogP contribution < -0.4 is 9.46 Å². The van der Waals surface area contributed by atoms with Crippen molar-refractivity contribution in [2.75, 3.05) is 11.3 Å². The predicted octanol–water partition coefficient (Wildman–Crippen LogP) is 4.76. The van der Waals surface area contributed by atoms with Crippen LogP contribution in [-0.4, -0.2) is 25.0 Å². The molecule has 1 aromatic heterocycles. The van der Waals surface area contributed by atoms with Crippen LogP contribution in [0.2, 0.25) is 0 Å². The van der Waals surface area contributed by atoms with Crippen molar-refractivity contribution in [2.24, 2.45) is 0 Å². The Balaban J connectivity index is 1.73. The molecule has 0 radical (unpaired) electrons. The molecule has 1 N–H and O–H groups in total. The van der Waals surface area contributed by atoms with Gasteiger partial charge in [-0.15, -0.1) is 0 Å². The molecular formula is C22H21N3O3S. The Morgan fingerprint density at radius 2 is 1.59 bits per heavy atom. The molecule has 0 saturated heterocycles. The molecule has 3 aromatic carbocycles. The lowest BCUT2D eigenvalue weighted by Crippen LogP contribution is -2.16. The molecule has 6 nitrogen and oxygen atoms in total. The molecule has 0 amide bonds. The second-order valence-electron chi connectivity index (χ2n) is 6.68. The Labute approximate surface area is 169 Å². The molecule has 7 heteroatoms. The maximum Gasteiger partial charge on any atom is 0.263 e. The first-order valence-corrected chi connectivity index (χ1v) is 11.0. The Morgan fingerprint density at radius 3 is 2.34 bits per heavy atom. The molecule has 0 fully saturated rings. The number of aromatic nitrogens is 2. The monoisotopic (exact) mass is 407 g/mol. The van der Waals surface area contributed by atoms with E-state index >= 15 is 0 Å². The van der Waals surface area contributed by atoms with Crippen molar-refractivity contribution in [3.63, 3.8) is 0 Å². The van der Waals surface area contributed by atoms with Crippen molar-refractivity contribution >= 4 is 37.6 Å². The standard InChI is InChI=1S/C22H21N3O3S/c1-2-3-14-28-22-21(23-19-10-6-7-11-20(19)24-22)25-29(26,27)18-13-12-16-8-4-5-9-17(16)15-18/h4-13,15H,2-3,14H2,1H3,(H,23,25). The fraction of sp³-hybridized carbons (Fsp3) is 0.182. The van der Waals surface area contributed by atoms with Crippen molar-refractivity contribution in [2.45, 2.75) is 24.7 Å². The van der Waals surface area contributed by atoms with Gasteiger partial charge in [-0.1, -0.05) is 55.8 Å². The second kappa shape index (κ2) is 8.05. The Bertz CT molecular complexity index is 1270. The number of unbranched alkanes of at least 4 members (excludes halogenated alkanes) is 1. The number of hydrogen-bond acceptors (Lipinski definition) is 5. The minimum absolute atomic E-state index is 0.0907. The Kier molecular flexibility index (Phi) is 5.31. The second-order valence-corrected chi connectivity index (χ2v) is 8.36. The van der Waals surface area contributed by atoms with E-state index in [2.05, 4.69) is 21.6 Å². The summed E-state index contributed by atoms with van der Waals surface area (Å²) in [5.41, 5.74) is 1.24. The number of anilines is 1. The number of hydrogen-bond donors (Lipinski definition) is 1. The van der Waals surface area contributed by atoms with Crippen molar-refractivity contribution in [1.29, 1.82) is 0 Å². The van der Waals surface area contributed by atoms with Gasteiger partial charge in [-0.2, -0.15) is 0 Å². The van der Waals surface area contributed by atoms with Crippen LogP contribution in [0.25, 0.3) is 21.8 Å². The first-order valence-electron chi connectivity index (χ1n) is 9.48. The largest absolute Gasteiger partial charge is 0.475 e. The molecule has 4 rings (SSSR count). The third-order valence-electron chi connectivity index (χ3n) is 4.54. The summed E-state index contributed by atoms with van der Waals surface area (Å²) in [7, 11) is -3.86. The molecule has 0 unspecified atom stereocenters. The van der Waals surface area contributed by atoms with E-state index in [-0.39, 0.29) is 16.6 Å². The maximum atomic E-state index is 13.0. The molecule has 4 aromatic rings. The van der Waals surface area contributed by atoms with Gasteiger partial charge in [0.05, 0.1) is 22.5 Å². The molecule has 1 heterocycles. The number of sulfonamides is 1. The maximum absolute atomic E-state index is 13.0. The van der Waals surface area contributed by atoms with Gasteiger partial charge >= 0.3 is 0 Å². The first-order chi connectivity index (χ1) is 14.1.